The zero-order valence-corrected chi connectivity index (χ0v) is 15.7. The van der Waals surface area contributed by atoms with E-state index in [9.17, 15) is 9.90 Å². The summed E-state index contributed by atoms with van der Waals surface area (Å²) in [5, 5.41) is 12.2. The Bertz CT molecular complexity index is 1260. The Kier molecular flexibility index (Phi) is 3.83. The third-order valence-electron chi connectivity index (χ3n) is 5.01. The first-order valence-electron chi connectivity index (χ1n) is 9.32. The number of carboxylic acids is 1. The Morgan fingerprint density at radius 1 is 1.28 bits per heavy atom. The number of fused-ring (bicyclic) bond motifs is 1. The van der Waals surface area contributed by atoms with Crippen molar-refractivity contribution in [3.8, 4) is 17.1 Å². The van der Waals surface area contributed by atoms with Crippen LogP contribution in [0.4, 0.5) is 11.7 Å². The summed E-state index contributed by atoms with van der Waals surface area (Å²) in [5.74, 6) is 0.549. The van der Waals surface area contributed by atoms with Gasteiger partial charge >= 0.3 is 5.97 Å². The molecule has 1 aliphatic rings. The van der Waals surface area contributed by atoms with Crippen LogP contribution in [0.1, 0.15) is 13.3 Å². The fourth-order valence-electron chi connectivity index (χ4n) is 3.66. The maximum atomic E-state index is 11.2. The molecule has 9 nitrogen and oxygen atoms in total. The van der Waals surface area contributed by atoms with Crippen molar-refractivity contribution in [1.82, 2.24) is 14.5 Å². The smallest absolute Gasteiger partial charge is 0.325 e. The normalized spacial score (nSPS) is 14.5. The number of ether oxygens (including phenoxy) is 1. The molecular formula is C20H19N5O4. The third kappa shape index (κ3) is 2.91. The number of nitrogens with zero attached hydrogens (tertiary/aromatic N) is 3. The molecule has 4 N–H and O–H groups in total. The molecular weight excluding hydrogens is 374 g/mol. The first-order chi connectivity index (χ1) is 14.0. The van der Waals surface area contributed by atoms with Crippen molar-refractivity contribution in [3.05, 3.63) is 30.3 Å². The molecule has 3 heterocycles. The molecule has 148 valence electrons. The van der Waals surface area contributed by atoms with E-state index in [1.54, 1.807) is 6.92 Å². The zero-order valence-electron chi connectivity index (χ0n) is 15.7. The van der Waals surface area contributed by atoms with Crippen LogP contribution < -0.4 is 15.8 Å². The lowest BCUT2D eigenvalue weighted by molar-refractivity contribution is -0.137. The van der Waals surface area contributed by atoms with E-state index in [0.29, 0.717) is 29.1 Å². The van der Waals surface area contributed by atoms with Crippen molar-refractivity contribution < 1.29 is 19.1 Å². The Hall–Kier alpha value is -3.75. The van der Waals surface area contributed by atoms with Crippen molar-refractivity contribution in [2.24, 2.45) is 0 Å². The maximum Gasteiger partial charge on any atom is 0.325 e. The fourth-order valence-corrected chi connectivity index (χ4v) is 3.66. The molecule has 9 heteroatoms. The molecule has 0 bridgehead atoms. The molecule has 4 aromatic rings. The van der Waals surface area contributed by atoms with Gasteiger partial charge in [0.25, 0.3) is 6.01 Å². The number of oxazole rings is 1. The molecule has 0 saturated heterocycles. The van der Waals surface area contributed by atoms with Gasteiger partial charge in [-0.2, -0.15) is 4.98 Å². The van der Waals surface area contributed by atoms with Crippen LogP contribution in [0.3, 0.4) is 0 Å². The van der Waals surface area contributed by atoms with Crippen LogP contribution in [0.25, 0.3) is 33.5 Å². The molecule has 1 atom stereocenters. The zero-order chi connectivity index (χ0) is 20.1. The van der Waals surface area contributed by atoms with E-state index in [0.717, 1.165) is 35.4 Å². The lowest BCUT2D eigenvalue weighted by atomic mass is 10.2. The summed E-state index contributed by atoms with van der Waals surface area (Å²) in [6.07, 6.45) is 0.834. The summed E-state index contributed by atoms with van der Waals surface area (Å²) in [7, 11) is 0. The van der Waals surface area contributed by atoms with Gasteiger partial charge < -0.3 is 29.9 Å². The minimum atomic E-state index is -0.928. The maximum absolute atomic E-state index is 11.2. The molecule has 0 amide bonds. The topological polar surface area (TPSA) is 128 Å². The average Bonchev–Trinajstić information content (AvgIpc) is 3.15. The SMILES string of the molecule is C[C@H](Nc1cc2c3c(c1)nc(-c1ccc4oc(N)nc4c1)n3CCCO2)C(=O)O. The van der Waals surface area contributed by atoms with Crippen molar-refractivity contribution in [3.63, 3.8) is 0 Å². The van der Waals surface area contributed by atoms with E-state index in [1.165, 1.54) is 0 Å². The highest BCUT2D eigenvalue weighted by atomic mass is 16.5. The van der Waals surface area contributed by atoms with E-state index in [-0.39, 0.29) is 6.01 Å². The van der Waals surface area contributed by atoms with E-state index in [1.807, 2.05) is 30.3 Å². The Morgan fingerprint density at radius 3 is 2.97 bits per heavy atom. The van der Waals surface area contributed by atoms with Crippen molar-refractivity contribution >= 4 is 39.8 Å². The molecule has 5 rings (SSSR count). The number of aryl methyl sites for hydroxylation is 1. The van der Waals surface area contributed by atoms with Crippen molar-refractivity contribution in [2.45, 2.75) is 25.9 Å². The van der Waals surface area contributed by atoms with Gasteiger partial charge in [0.05, 0.1) is 12.1 Å². The van der Waals surface area contributed by atoms with E-state index < -0.39 is 12.0 Å². The molecule has 0 aliphatic carbocycles. The van der Waals surface area contributed by atoms with E-state index in [2.05, 4.69) is 14.9 Å². The molecule has 29 heavy (non-hydrogen) atoms. The number of nitrogen functional groups attached to an aromatic ring is 1. The van der Waals surface area contributed by atoms with E-state index in [4.69, 9.17) is 19.9 Å². The Morgan fingerprint density at radius 2 is 2.14 bits per heavy atom. The number of aromatic nitrogens is 3. The third-order valence-corrected chi connectivity index (χ3v) is 5.01. The van der Waals surface area contributed by atoms with Gasteiger partial charge in [-0.15, -0.1) is 0 Å². The number of benzene rings is 2. The van der Waals surface area contributed by atoms with Crippen molar-refractivity contribution in [2.75, 3.05) is 17.7 Å². The van der Waals surface area contributed by atoms with Gasteiger partial charge in [0.15, 0.2) is 5.58 Å². The van der Waals surface area contributed by atoms with Crippen LogP contribution in [-0.4, -0.2) is 38.3 Å². The summed E-state index contributed by atoms with van der Waals surface area (Å²) < 4.78 is 13.4. The molecule has 2 aromatic carbocycles. The lowest BCUT2D eigenvalue weighted by Crippen LogP contribution is -2.25. The summed E-state index contributed by atoms with van der Waals surface area (Å²) in [6, 6.07) is 8.73. The van der Waals surface area contributed by atoms with Gasteiger partial charge in [-0.25, -0.2) is 4.98 Å². The number of carboxylic acid groups (broad SMARTS) is 1. The highest BCUT2D eigenvalue weighted by Crippen LogP contribution is 2.36. The van der Waals surface area contributed by atoms with Crippen molar-refractivity contribution in [1.29, 1.82) is 0 Å². The van der Waals surface area contributed by atoms with E-state index >= 15 is 0 Å². The number of hydrogen-bond donors (Lipinski definition) is 3. The number of rotatable bonds is 4. The second-order valence-electron chi connectivity index (χ2n) is 7.07. The number of nitrogens with one attached hydrogen (secondary N) is 1. The summed E-state index contributed by atoms with van der Waals surface area (Å²) in [5.41, 5.74) is 10.1. The first kappa shape index (κ1) is 17.4. The van der Waals surface area contributed by atoms with Crippen LogP contribution in [0.2, 0.25) is 0 Å². The Labute approximate surface area is 165 Å². The minimum Gasteiger partial charge on any atom is -0.491 e. The predicted octanol–water partition coefficient (Wildman–Crippen LogP) is 3.09. The number of aliphatic carboxylic acids is 1. The standard InChI is InChI=1S/C20H19N5O4/c1-10(19(26)27)22-12-8-14-17-16(9-12)28-6-2-5-25(17)18(23-14)11-3-4-15-13(7-11)24-20(21)29-15/h3-4,7-10,22H,2,5-6H2,1H3,(H2,21,24)(H,26,27)/t10-/m0/s1. The predicted molar refractivity (Wildman–Crippen MR) is 108 cm³/mol. The summed E-state index contributed by atoms with van der Waals surface area (Å²) >= 11 is 0. The molecule has 0 unspecified atom stereocenters. The minimum absolute atomic E-state index is 0.127. The highest BCUT2D eigenvalue weighted by molar-refractivity contribution is 5.91. The molecule has 1 aliphatic heterocycles. The van der Waals surface area contributed by atoms with Crippen LogP contribution in [0, 0.1) is 0 Å². The van der Waals surface area contributed by atoms with Crippen LogP contribution >= 0.6 is 0 Å². The monoisotopic (exact) mass is 393 g/mol. The first-order valence-corrected chi connectivity index (χ1v) is 9.32. The lowest BCUT2D eigenvalue weighted by Gasteiger charge is -2.13. The quantitative estimate of drug-likeness (QED) is 0.482. The molecule has 0 radical (unpaired) electrons. The highest BCUT2D eigenvalue weighted by Gasteiger charge is 2.21. The van der Waals surface area contributed by atoms with Gasteiger partial charge in [0, 0.05) is 23.9 Å². The number of anilines is 2. The number of nitrogens with two attached hydrogens (primary N) is 1. The summed E-state index contributed by atoms with van der Waals surface area (Å²) in [4.78, 5) is 20.2. The molecule has 0 spiro atoms. The molecule has 0 saturated carbocycles. The van der Waals surface area contributed by atoms with Gasteiger partial charge in [-0.1, -0.05) is 0 Å². The fraction of sp³-hybridized carbons (Fsp3) is 0.250. The number of carbonyl (C=O) groups is 1. The largest absolute Gasteiger partial charge is 0.491 e. The second-order valence-corrected chi connectivity index (χ2v) is 7.07. The van der Waals surface area contributed by atoms with Crippen LogP contribution in [0.5, 0.6) is 5.75 Å². The average molecular weight is 393 g/mol. The van der Waals surface area contributed by atoms with Gasteiger partial charge in [0.2, 0.25) is 0 Å². The molecule has 0 fully saturated rings. The number of imidazole rings is 1. The Balaban J connectivity index is 1.67. The summed E-state index contributed by atoms with van der Waals surface area (Å²) in [6.45, 7) is 2.93. The molecule has 2 aromatic heterocycles. The van der Waals surface area contributed by atoms with Gasteiger partial charge in [0.1, 0.15) is 28.6 Å². The van der Waals surface area contributed by atoms with Crippen LogP contribution in [-0.2, 0) is 11.3 Å². The van der Waals surface area contributed by atoms with Gasteiger partial charge in [-0.3, -0.25) is 4.79 Å². The number of hydrogen-bond acceptors (Lipinski definition) is 7. The van der Waals surface area contributed by atoms with Crippen LogP contribution in [0.15, 0.2) is 34.7 Å². The van der Waals surface area contributed by atoms with Gasteiger partial charge in [-0.05, 0) is 37.6 Å². The second kappa shape index (κ2) is 6.40.